The van der Waals surface area contributed by atoms with Gasteiger partial charge in [-0.2, -0.15) is 5.10 Å². The van der Waals surface area contributed by atoms with E-state index in [4.69, 9.17) is 0 Å². The molecule has 0 amide bonds. The van der Waals surface area contributed by atoms with E-state index in [2.05, 4.69) is 5.10 Å². The van der Waals surface area contributed by atoms with Gasteiger partial charge in [-0.1, -0.05) is 26.0 Å². The van der Waals surface area contributed by atoms with E-state index >= 15 is 0 Å². The van der Waals surface area contributed by atoms with Crippen LogP contribution < -0.4 is 0 Å². The largest absolute Gasteiger partial charge is 0.312 e. The van der Waals surface area contributed by atoms with Crippen molar-refractivity contribution in [3.8, 4) is 0 Å². The molecule has 0 N–H and O–H groups in total. The Morgan fingerprint density at radius 1 is 1.26 bits per heavy atom. The van der Waals surface area contributed by atoms with Crippen molar-refractivity contribution in [1.29, 1.82) is 0 Å². The highest BCUT2D eigenvalue weighted by Crippen LogP contribution is 2.22. The Hall–Kier alpha value is -2.50. The van der Waals surface area contributed by atoms with E-state index < -0.39 is 4.92 Å². The van der Waals surface area contributed by atoms with Crippen LogP contribution in [0.25, 0.3) is 0 Å². The number of aryl methyl sites for hydroxylation is 3. The van der Waals surface area contributed by atoms with Gasteiger partial charge >= 0.3 is 5.69 Å². The average molecular weight is 315 g/mol. The SMILES string of the molecule is CCc1ccc(CC)c(C(=O)Cn2nc(C)c([N+](=O)[O-])c2C)c1. The normalized spacial score (nSPS) is 10.8. The second-order valence-corrected chi connectivity index (χ2v) is 5.56. The molecule has 23 heavy (non-hydrogen) atoms. The highest BCUT2D eigenvalue weighted by Gasteiger charge is 2.23. The first-order chi connectivity index (χ1) is 10.9. The van der Waals surface area contributed by atoms with Crippen molar-refractivity contribution in [2.24, 2.45) is 0 Å². The number of ketones is 1. The van der Waals surface area contributed by atoms with Crippen LogP contribution in [-0.2, 0) is 19.4 Å². The molecule has 1 aromatic carbocycles. The summed E-state index contributed by atoms with van der Waals surface area (Å²) in [5.41, 5.74) is 3.50. The summed E-state index contributed by atoms with van der Waals surface area (Å²) in [6.45, 7) is 7.27. The van der Waals surface area contributed by atoms with Crippen molar-refractivity contribution < 1.29 is 9.72 Å². The molecule has 0 aliphatic heterocycles. The van der Waals surface area contributed by atoms with Crippen LogP contribution in [0.1, 0.15) is 46.7 Å². The summed E-state index contributed by atoms with van der Waals surface area (Å²) in [6.07, 6.45) is 1.62. The molecule has 0 aliphatic carbocycles. The van der Waals surface area contributed by atoms with Crippen molar-refractivity contribution in [3.05, 3.63) is 56.4 Å². The maximum atomic E-state index is 12.7. The Labute approximate surface area is 135 Å². The second kappa shape index (κ2) is 6.73. The molecule has 1 heterocycles. The smallest absolute Gasteiger partial charge is 0.292 e. The van der Waals surface area contributed by atoms with Gasteiger partial charge in [0.2, 0.25) is 0 Å². The fourth-order valence-electron chi connectivity index (χ4n) is 2.74. The van der Waals surface area contributed by atoms with Gasteiger partial charge in [0.05, 0.1) is 4.92 Å². The summed E-state index contributed by atoms with van der Waals surface area (Å²) in [4.78, 5) is 23.3. The van der Waals surface area contributed by atoms with Gasteiger partial charge in [0, 0.05) is 5.56 Å². The van der Waals surface area contributed by atoms with E-state index in [-0.39, 0.29) is 18.0 Å². The molecule has 122 valence electrons. The quantitative estimate of drug-likeness (QED) is 0.465. The van der Waals surface area contributed by atoms with Gasteiger partial charge < -0.3 is 0 Å². The summed E-state index contributed by atoms with van der Waals surface area (Å²) in [6, 6.07) is 5.93. The zero-order chi connectivity index (χ0) is 17.1. The molecular weight excluding hydrogens is 294 g/mol. The van der Waals surface area contributed by atoms with Gasteiger partial charge in [0.25, 0.3) is 0 Å². The predicted molar refractivity (Wildman–Crippen MR) is 87.9 cm³/mol. The number of rotatable bonds is 6. The predicted octanol–water partition coefficient (Wildman–Crippen LogP) is 3.42. The summed E-state index contributed by atoms with van der Waals surface area (Å²) < 4.78 is 1.42. The van der Waals surface area contributed by atoms with Crippen LogP contribution in [0.3, 0.4) is 0 Å². The van der Waals surface area contributed by atoms with Crippen LogP contribution in [0.15, 0.2) is 18.2 Å². The van der Waals surface area contributed by atoms with Crippen LogP contribution in [0.2, 0.25) is 0 Å². The fourth-order valence-corrected chi connectivity index (χ4v) is 2.74. The Kier molecular flexibility index (Phi) is 4.93. The first-order valence-corrected chi connectivity index (χ1v) is 7.72. The van der Waals surface area contributed by atoms with Crippen molar-refractivity contribution in [2.45, 2.75) is 47.1 Å². The summed E-state index contributed by atoms with van der Waals surface area (Å²) >= 11 is 0. The van der Waals surface area contributed by atoms with Crippen LogP contribution in [0, 0.1) is 24.0 Å². The lowest BCUT2D eigenvalue weighted by Gasteiger charge is -2.10. The number of benzene rings is 1. The van der Waals surface area contributed by atoms with Gasteiger partial charge in [0.15, 0.2) is 5.78 Å². The minimum absolute atomic E-state index is 0.0146. The molecule has 2 rings (SSSR count). The lowest BCUT2D eigenvalue weighted by atomic mass is 9.97. The third kappa shape index (κ3) is 3.31. The van der Waals surface area contributed by atoms with Gasteiger partial charge in [-0.25, -0.2) is 0 Å². The molecule has 0 aliphatic rings. The number of nitrogens with zero attached hydrogens (tertiary/aromatic N) is 3. The van der Waals surface area contributed by atoms with Crippen LogP contribution in [-0.4, -0.2) is 20.5 Å². The monoisotopic (exact) mass is 315 g/mol. The van der Waals surface area contributed by atoms with E-state index in [0.717, 1.165) is 24.0 Å². The molecule has 0 fully saturated rings. The summed E-state index contributed by atoms with van der Waals surface area (Å²) in [5, 5.41) is 15.2. The zero-order valence-electron chi connectivity index (χ0n) is 13.9. The lowest BCUT2D eigenvalue weighted by Crippen LogP contribution is -2.15. The van der Waals surface area contributed by atoms with Gasteiger partial charge in [0.1, 0.15) is 17.9 Å². The standard InChI is InChI=1S/C17H21N3O3/c1-5-13-7-8-14(6-2)15(9-13)16(21)10-19-12(4)17(20(22)23)11(3)18-19/h7-9H,5-6,10H2,1-4H3. The Morgan fingerprint density at radius 2 is 1.96 bits per heavy atom. The molecule has 2 aromatic rings. The molecule has 0 spiro atoms. The molecule has 6 nitrogen and oxygen atoms in total. The van der Waals surface area contributed by atoms with E-state index in [1.54, 1.807) is 13.8 Å². The number of Topliss-reactive ketones (excluding diaryl/α,β-unsaturated/α-hetero) is 1. The number of carbonyl (C=O) groups excluding carboxylic acids is 1. The molecule has 0 saturated carbocycles. The van der Waals surface area contributed by atoms with Gasteiger partial charge in [-0.15, -0.1) is 0 Å². The number of hydrogen-bond donors (Lipinski definition) is 0. The maximum Gasteiger partial charge on any atom is 0.312 e. The minimum Gasteiger partial charge on any atom is -0.292 e. The molecule has 0 radical (unpaired) electrons. The summed E-state index contributed by atoms with van der Waals surface area (Å²) in [5.74, 6) is -0.0716. The van der Waals surface area contributed by atoms with Crippen LogP contribution in [0.4, 0.5) is 5.69 Å². The van der Waals surface area contributed by atoms with Crippen molar-refractivity contribution in [3.63, 3.8) is 0 Å². The molecular formula is C17H21N3O3. The highest BCUT2D eigenvalue weighted by molar-refractivity contribution is 5.97. The number of carbonyl (C=O) groups is 1. The third-order valence-corrected chi connectivity index (χ3v) is 4.08. The van der Waals surface area contributed by atoms with E-state index in [9.17, 15) is 14.9 Å². The first-order valence-electron chi connectivity index (χ1n) is 7.72. The van der Waals surface area contributed by atoms with Gasteiger partial charge in [-0.3, -0.25) is 19.6 Å². The van der Waals surface area contributed by atoms with Crippen LogP contribution >= 0.6 is 0 Å². The molecule has 0 bridgehead atoms. The van der Waals surface area contributed by atoms with Crippen molar-refractivity contribution >= 4 is 11.5 Å². The average Bonchev–Trinajstić information content (AvgIpc) is 2.80. The maximum absolute atomic E-state index is 12.7. The van der Waals surface area contributed by atoms with Crippen molar-refractivity contribution in [2.75, 3.05) is 0 Å². The second-order valence-electron chi connectivity index (χ2n) is 5.56. The van der Waals surface area contributed by atoms with Gasteiger partial charge in [-0.05, 0) is 43.9 Å². The number of hydrogen-bond acceptors (Lipinski definition) is 4. The zero-order valence-corrected chi connectivity index (χ0v) is 13.9. The van der Waals surface area contributed by atoms with E-state index in [1.807, 2.05) is 32.0 Å². The topological polar surface area (TPSA) is 78.0 Å². The van der Waals surface area contributed by atoms with Crippen molar-refractivity contribution in [1.82, 2.24) is 9.78 Å². The number of nitro groups is 1. The van der Waals surface area contributed by atoms with E-state index in [1.165, 1.54) is 4.68 Å². The fraction of sp³-hybridized carbons (Fsp3) is 0.412. The van der Waals surface area contributed by atoms with Crippen LogP contribution in [0.5, 0.6) is 0 Å². The Bertz CT molecular complexity index is 763. The molecule has 0 atom stereocenters. The third-order valence-electron chi connectivity index (χ3n) is 4.08. The number of aromatic nitrogens is 2. The molecule has 0 unspecified atom stereocenters. The summed E-state index contributed by atoms with van der Waals surface area (Å²) in [7, 11) is 0. The lowest BCUT2D eigenvalue weighted by molar-refractivity contribution is -0.386. The molecule has 1 aromatic heterocycles. The first kappa shape index (κ1) is 16.9. The Balaban J connectivity index is 2.37. The molecule has 0 saturated heterocycles. The highest BCUT2D eigenvalue weighted by atomic mass is 16.6. The van der Waals surface area contributed by atoms with E-state index in [0.29, 0.717) is 17.0 Å². The minimum atomic E-state index is -0.451. The Morgan fingerprint density at radius 3 is 2.48 bits per heavy atom. The molecule has 6 heteroatoms.